The fourth-order valence-corrected chi connectivity index (χ4v) is 5.18. The van der Waals surface area contributed by atoms with Crippen LogP contribution in [0.15, 0.2) is 33.1 Å². The number of carbonyl (C=O) groups excluding carboxylic acids is 2. The van der Waals surface area contributed by atoms with Gasteiger partial charge >= 0.3 is 0 Å². The quantitative estimate of drug-likeness (QED) is 0.668. The van der Waals surface area contributed by atoms with Gasteiger partial charge in [0.25, 0.3) is 11.8 Å². The van der Waals surface area contributed by atoms with Crippen LogP contribution < -0.4 is 10.6 Å². The number of nitrogens with one attached hydrogen (secondary N) is 2. The number of carbonyl (C=O) groups is 2. The Balaban J connectivity index is 1.14. The van der Waals surface area contributed by atoms with Gasteiger partial charge in [-0.25, -0.2) is 0 Å². The minimum absolute atomic E-state index is 0.0957. The van der Waals surface area contributed by atoms with E-state index in [-0.39, 0.29) is 23.9 Å². The minimum Gasteiger partial charge on any atom is -0.456 e. The normalized spacial score (nSPS) is 26.4. The highest BCUT2D eigenvalue weighted by Gasteiger charge is 2.28. The molecule has 6 heteroatoms. The van der Waals surface area contributed by atoms with Crippen LogP contribution in [-0.2, 0) is 0 Å². The third kappa shape index (κ3) is 5.81. The standard InChI is InChI=1S/C25H34N2O4/c1-16-3-13-22(30-16)24(28)26-20-9-5-18(6-10-20)15-19-7-11-21(12-8-19)27-25(29)23-14-4-17(2)31-23/h3-4,13-14,18-21H,5-12,15H2,1-2H3,(H,26,28)(H,27,29). The largest absolute Gasteiger partial charge is 0.456 e. The summed E-state index contributed by atoms with van der Waals surface area (Å²) in [4.78, 5) is 24.6. The van der Waals surface area contributed by atoms with Crippen molar-refractivity contribution in [3.63, 3.8) is 0 Å². The Morgan fingerprint density at radius 3 is 1.42 bits per heavy atom. The van der Waals surface area contributed by atoms with E-state index in [2.05, 4.69) is 10.6 Å². The van der Waals surface area contributed by atoms with Crippen LogP contribution in [-0.4, -0.2) is 23.9 Å². The lowest BCUT2D eigenvalue weighted by molar-refractivity contribution is 0.0887. The second-order valence-corrected chi connectivity index (χ2v) is 9.44. The van der Waals surface area contributed by atoms with E-state index in [0.29, 0.717) is 11.5 Å². The van der Waals surface area contributed by atoms with Crippen molar-refractivity contribution in [2.75, 3.05) is 0 Å². The van der Waals surface area contributed by atoms with Crippen molar-refractivity contribution >= 4 is 11.8 Å². The molecule has 0 atom stereocenters. The van der Waals surface area contributed by atoms with Gasteiger partial charge in [0.1, 0.15) is 11.5 Å². The first-order chi connectivity index (χ1) is 15.0. The molecule has 31 heavy (non-hydrogen) atoms. The van der Waals surface area contributed by atoms with Crippen molar-refractivity contribution in [3.05, 3.63) is 47.3 Å². The summed E-state index contributed by atoms with van der Waals surface area (Å²) in [6.45, 7) is 3.70. The van der Waals surface area contributed by atoms with Gasteiger partial charge < -0.3 is 19.5 Å². The number of hydrogen-bond donors (Lipinski definition) is 2. The molecule has 2 heterocycles. The first kappa shape index (κ1) is 21.7. The van der Waals surface area contributed by atoms with Crippen LogP contribution in [0.1, 0.15) is 90.4 Å². The third-order valence-electron chi connectivity index (χ3n) is 6.96. The SMILES string of the molecule is Cc1ccc(C(=O)NC2CCC(CC3CCC(NC(=O)c4ccc(C)o4)CC3)CC2)o1. The van der Waals surface area contributed by atoms with Crippen molar-refractivity contribution < 1.29 is 18.4 Å². The summed E-state index contributed by atoms with van der Waals surface area (Å²) in [5.41, 5.74) is 0. The third-order valence-corrected chi connectivity index (χ3v) is 6.96. The van der Waals surface area contributed by atoms with Gasteiger partial charge in [-0.3, -0.25) is 9.59 Å². The fraction of sp³-hybridized carbons (Fsp3) is 0.600. The smallest absolute Gasteiger partial charge is 0.287 e. The summed E-state index contributed by atoms with van der Waals surface area (Å²) in [6.07, 6.45) is 10.2. The number of amides is 2. The van der Waals surface area contributed by atoms with Crippen LogP contribution in [0, 0.1) is 25.7 Å². The molecule has 2 aliphatic carbocycles. The molecule has 2 N–H and O–H groups in total. The van der Waals surface area contributed by atoms with Crippen LogP contribution in [0.5, 0.6) is 0 Å². The highest BCUT2D eigenvalue weighted by atomic mass is 16.4. The molecule has 0 aromatic carbocycles. The zero-order valence-electron chi connectivity index (χ0n) is 18.6. The van der Waals surface area contributed by atoms with E-state index in [1.165, 1.54) is 32.1 Å². The van der Waals surface area contributed by atoms with Gasteiger partial charge in [-0.15, -0.1) is 0 Å². The topological polar surface area (TPSA) is 84.5 Å². The monoisotopic (exact) mass is 426 g/mol. The molecule has 168 valence electrons. The van der Waals surface area contributed by atoms with Crippen LogP contribution in [0.2, 0.25) is 0 Å². The summed E-state index contributed by atoms with van der Waals surface area (Å²) in [5, 5.41) is 6.26. The maximum absolute atomic E-state index is 12.3. The molecule has 0 unspecified atom stereocenters. The average molecular weight is 427 g/mol. The molecule has 2 aromatic heterocycles. The van der Waals surface area contributed by atoms with Gasteiger partial charge in [-0.2, -0.15) is 0 Å². The Hall–Kier alpha value is -2.50. The van der Waals surface area contributed by atoms with E-state index < -0.39 is 0 Å². The second kappa shape index (κ2) is 9.75. The van der Waals surface area contributed by atoms with E-state index in [9.17, 15) is 9.59 Å². The molecule has 0 radical (unpaired) electrons. The predicted molar refractivity (Wildman–Crippen MR) is 118 cm³/mol. The van der Waals surface area contributed by atoms with E-state index in [1.807, 2.05) is 26.0 Å². The van der Waals surface area contributed by atoms with Crippen molar-refractivity contribution in [2.45, 2.75) is 83.7 Å². The lowest BCUT2D eigenvalue weighted by Gasteiger charge is -2.34. The molecule has 0 spiro atoms. The maximum atomic E-state index is 12.3. The van der Waals surface area contributed by atoms with Gasteiger partial charge in [0.05, 0.1) is 0 Å². The Morgan fingerprint density at radius 1 is 0.710 bits per heavy atom. The lowest BCUT2D eigenvalue weighted by atomic mass is 9.75. The summed E-state index contributed by atoms with van der Waals surface area (Å²) in [6, 6.07) is 7.64. The first-order valence-corrected chi connectivity index (χ1v) is 11.7. The van der Waals surface area contributed by atoms with Crippen LogP contribution in [0.4, 0.5) is 0 Å². The maximum Gasteiger partial charge on any atom is 0.287 e. The molecule has 2 aliphatic rings. The zero-order valence-corrected chi connectivity index (χ0v) is 18.6. The van der Waals surface area contributed by atoms with Gasteiger partial charge in [0.15, 0.2) is 11.5 Å². The summed E-state index contributed by atoms with van der Waals surface area (Å²) in [5.74, 6) is 3.65. The fourth-order valence-electron chi connectivity index (χ4n) is 5.18. The molecule has 2 aromatic rings. The summed E-state index contributed by atoms with van der Waals surface area (Å²) >= 11 is 0. The Kier molecular flexibility index (Phi) is 6.83. The number of aryl methyl sites for hydroxylation is 2. The van der Waals surface area contributed by atoms with Crippen LogP contribution in [0.25, 0.3) is 0 Å². The Labute approximate surface area is 184 Å². The highest BCUT2D eigenvalue weighted by Crippen LogP contribution is 2.35. The lowest BCUT2D eigenvalue weighted by Crippen LogP contribution is -2.39. The number of hydrogen-bond acceptors (Lipinski definition) is 4. The molecule has 6 nitrogen and oxygen atoms in total. The van der Waals surface area contributed by atoms with Gasteiger partial charge in [-0.1, -0.05) is 0 Å². The van der Waals surface area contributed by atoms with E-state index in [0.717, 1.165) is 49.0 Å². The van der Waals surface area contributed by atoms with Gasteiger partial charge in [0.2, 0.25) is 0 Å². The molecule has 2 amide bonds. The summed E-state index contributed by atoms with van der Waals surface area (Å²) in [7, 11) is 0. The van der Waals surface area contributed by atoms with Crippen molar-refractivity contribution in [1.82, 2.24) is 10.6 Å². The molecule has 0 aliphatic heterocycles. The first-order valence-electron chi connectivity index (χ1n) is 11.7. The van der Waals surface area contributed by atoms with E-state index >= 15 is 0 Å². The Bertz CT molecular complexity index is 811. The minimum atomic E-state index is -0.0957. The molecule has 2 fully saturated rings. The van der Waals surface area contributed by atoms with Crippen molar-refractivity contribution in [2.24, 2.45) is 11.8 Å². The average Bonchev–Trinajstić information content (AvgIpc) is 3.39. The molecule has 2 saturated carbocycles. The van der Waals surface area contributed by atoms with Crippen LogP contribution >= 0.6 is 0 Å². The summed E-state index contributed by atoms with van der Waals surface area (Å²) < 4.78 is 10.8. The second-order valence-electron chi connectivity index (χ2n) is 9.44. The van der Waals surface area contributed by atoms with Gasteiger partial charge in [0, 0.05) is 12.1 Å². The van der Waals surface area contributed by atoms with E-state index in [4.69, 9.17) is 8.83 Å². The van der Waals surface area contributed by atoms with E-state index in [1.54, 1.807) is 12.1 Å². The highest BCUT2D eigenvalue weighted by molar-refractivity contribution is 5.92. The van der Waals surface area contributed by atoms with Crippen LogP contribution in [0.3, 0.4) is 0 Å². The molecular formula is C25H34N2O4. The van der Waals surface area contributed by atoms with Gasteiger partial charge in [-0.05, 0) is 108 Å². The molecule has 0 saturated heterocycles. The Morgan fingerprint density at radius 2 is 1.10 bits per heavy atom. The molecule has 0 bridgehead atoms. The number of furan rings is 2. The molecular weight excluding hydrogens is 392 g/mol. The van der Waals surface area contributed by atoms with Crippen molar-refractivity contribution in [3.8, 4) is 0 Å². The zero-order chi connectivity index (χ0) is 21.8. The predicted octanol–water partition coefficient (Wildman–Crippen LogP) is 5.16. The van der Waals surface area contributed by atoms with Crippen molar-refractivity contribution in [1.29, 1.82) is 0 Å². The number of rotatable bonds is 6. The molecule has 4 rings (SSSR count).